The lowest BCUT2D eigenvalue weighted by atomic mass is 9.75. The molecule has 5 nitrogen and oxygen atoms in total. The monoisotopic (exact) mass is 279 g/mol. The van der Waals surface area contributed by atoms with Crippen LogP contribution in [-0.2, 0) is 14.9 Å². The molecule has 0 bridgehead atoms. The summed E-state index contributed by atoms with van der Waals surface area (Å²) in [5, 5.41) is 0. The standard InChI is InChI=1S/C11H18FNO4S/c12-10(18(15,16)17)11(14)13-6-5-8-3-1-2-4-9(8)7-13/h8-10H,1-7H2,(H,15,16,17). The maximum atomic E-state index is 13.3. The Morgan fingerprint density at radius 3 is 2.44 bits per heavy atom. The zero-order valence-corrected chi connectivity index (χ0v) is 10.9. The van der Waals surface area contributed by atoms with Gasteiger partial charge in [-0.05, 0) is 24.7 Å². The van der Waals surface area contributed by atoms with Crippen molar-refractivity contribution in [3.63, 3.8) is 0 Å². The number of alkyl halides is 1. The molecule has 1 aliphatic heterocycles. The molecule has 0 radical (unpaired) electrons. The van der Waals surface area contributed by atoms with Crippen molar-refractivity contribution in [3.05, 3.63) is 0 Å². The SMILES string of the molecule is O=C(C(F)S(=O)(=O)O)N1CCC2CCCCC2C1. The average Bonchev–Trinajstić information content (AvgIpc) is 2.35. The largest absolute Gasteiger partial charge is 0.339 e. The van der Waals surface area contributed by atoms with Crippen molar-refractivity contribution in [1.29, 1.82) is 0 Å². The van der Waals surface area contributed by atoms with Crippen LogP contribution in [-0.4, -0.2) is 42.4 Å². The smallest absolute Gasteiger partial charge is 0.307 e. The van der Waals surface area contributed by atoms with Crippen LogP contribution in [0.15, 0.2) is 0 Å². The first kappa shape index (κ1) is 13.7. The quantitative estimate of drug-likeness (QED) is 0.771. The molecule has 7 heteroatoms. The van der Waals surface area contributed by atoms with Gasteiger partial charge in [0, 0.05) is 13.1 Å². The summed E-state index contributed by atoms with van der Waals surface area (Å²) in [6.07, 6.45) is 5.27. The molecule has 3 atom stereocenters. The summed E-state index contributed by atoms with van der Waals surface area (Å²) < 4.78 is 43.1. The van der Waals surface area contributed by atoms with E-state index in [1.54, 1.807) is 0 Å². The number of carbonyl (C=O) groups is 1. The van der Waals surface area contributed by atoms with Crippen LogP contribution in [0.2, 0.25) is 0 Å². The molecule has 1 amide bonds. The minimum absolute atomic E-state index is 0.352. The fourth-order valence-corrected chi connectivity index (χ4v) is 3.48. The highest BCUT2D eigenvalue weighted by molar-refractivity contribution is 7.87. The number of rotatable bonds is 2. The Morgan fingerprint density at radius 2 is 1.83 bits per heavy atom. The second-order valence-electron chi connectivity index (χ2n) is 5.21. The molecule has 1 aliphatic carbocycles. The lowest BCUT2D eigenvalue weighted by Gasteiger charge is -2.41. The first-order valence-corrected chi connectivity index (χ1v) is 7.79. The summed E-state index contributed by atoms with van der Waals surface area (Å²) in [5.74, 6) is -0.196. The van der Waals surface area contributed by atoms with Gasteiger partial charge in [-0.25, -0.2) is 4.39 Å². The highest BCUT2D eigenvalue weighted by Gasteiger charge is 2.39. The molecule has 2 aliphatic rings. The highest BCUT2D eigenvalue weighted by Crippen LogP contribution is 2.36. The van der Waals surface area contributed by atoms with Gasteiger partial charge in [-0.1, -0.05) is 19.3 Å². The van der Waals surface area contributed by atoms with E-state index in [2.05, 4.69) is 0 Å². The average molecular weight is 279 g/mol. The van der Waals surface area contributed by atoms with Gasteiger partial charge in [-0.3, -0.25) is 9.35 Å². The minimum atomic E-state index is -4.94. The normalized spacial score (nSPS) is 30.7. The van der Waals surface area contributed by atoms with Gasteiger partial charge < -0.3 is 4.90 Å². The molecule has 3 unspecified atom stereocenters. The molecule has 1 N–H and O–H groups in total. The van der Waals surface area contributed by atoms with E-state index in [9.17, 15) is 17.6 Å². The van der Waals surface area contributed by atoms with E-state index in [1.807, 2.05) is 0 Å². The van der Waals surface area contributed by atoms with Crippen LogP contribution in [0.4, 0.5) is 4.39 Å². The van der Waals surface area contributed by atoms with Crippen LogP contribution >= 0.6 is 0 Å². The number of likely N-dealkylation sites (tertiary alicyclic amines) is 1. The van der Waals surface area contributed by atoms with Crippen molar-refractivity contribution in [2.45, 2.75) is 37.6 Å². The fraction of sp³-hybridized carbons (Fsp3) is 0.909. The Kier molecular flexibility index (Phi) is 3.91. The lowest BCUT2D eigenvalue weighted by Crippen LogP contribution is -2.48. The van der Waals surface area contributed by atoms with Gasteiger partial charge in [0.2, 0.25) is 0 Å². The van der Waals surface area contributed by atoms with Crippen molar-refractivity contribution in [3.8, 4) is 0 Å². The second kappa shape index (κ2) is 5.13. The Bertz CT molecular complexity index is 425. The molecule has 0 aromatic rings. The highest BCUT2D eigenvalue weighted by atomic mass is 32.2. The Balaban J connectivity index is 2.00. The van der Waals surface area contributed by atoms with E-state index < -0.39 is 21.5 Å². The number of carbonyl (C=O) groups excluding carboxylic acids is 1. The van der Waals surface area contributed by atoms with E-state index in [4.69, 9.17) is 4.55 Å². The summed E-state index contributed by atoms with van der Waals surface area (Å²) in [7, 11) is -4.94. The van der Waals surface area contributed by atoms with E-state index >= 15 is 0 Å². The fourth-order valence-electron chi connectivity index (χ4n) is 3.07. The molecular formula is C11H18FNO4S. The molecule has 1 saturated carbocycles. The Hall–Kier alpha value is -0.690. The molecule has 104 valence electrons. The summed E-state index contributed by atoms with van der Waals surface area (Å²) in [6, 6.07) is 0. The van der Waals surface area contributed by atoms with Crippen LogP contribution < -0.4 is 0 Å². The van der Waals surface area contributed by atoms with E-state index in [-0.39, 0.29) is 0 Å². The second-order valence-corrected chi connectivity index (χ2v) is 6.65. The van der Waals surface area contributed by atoms with Crippen LogP contribution in [0, 0.1) is 11.8 Å². The van der Waals surface area contributed by atoms with Gasteiger partial charge in [0.1, 0.15) is 0 Å². The van der Waals surface area contributed by atoms with Crippen LogP contribution in [0.1, 0.15) is 32.1 Å². The van der Waals surface area contributed by atoms with E-state index in [0.717, 1.165) is 25.7 Å². The Morgan fingerprint density at radius 1 is 1.22 bits per heavy atom. The number of amides is 1. The topological polar surface area (TPSA) is 74.7 Å². The van der Waals surface area contributed by atoms with Crippen molar-refractivity contribution < 1.29 is 22.2 Å². The number of nitrogens with zero attached hydrogens (tertiary/aromatic N) is 1. The van der Waals surface area contributed by atoms with Crippen molar-refractivity contribution in [1.82, 2.24) is 4.90 Å². The molecule has 2 fully saturated rings. The van der Waals surface area contributed by atoms with Gasteiger partial charge in [-0.15, -0.1) is 0 Å². The minimum Gasteiger partial charge on any atom is -0.339 e. The van der Waals surface area contributed by atoms with Gasteiger partial charge in [0.05, 0.1) is 0 Å². The van der Waals surface area contributed by atoms with Gasteiger partial charge >= 0.3 is 15.6 Å². The number of hydrogen-bond acceptors (Lipinski definition) is 3. The van der Waals surface area contributed by atoms with Gasteiger partial charge in [0.25, 0.3) is 5.91 Å². The van der Waals surface area contributed by atoms with Crippen LogP contribution in [0.3, 0.4) is 0 Å². The summed E-state index contributed by atoms with van der Waals surface area (Å²) in [6.45, 7) is 0.801. The molecule has 18 heavy (non-hydrogen) atoms. The zero-order valence-electron chi connectivity index (χ0n) is 10.1. The van der Waals surface area contributed by atoms with E-state index in [0.29, 0.717) is 24.9 Å². The molecule has 1 saturated heterocycles. The number of piperidine rings is 1. The summed E-state index contributed by atoms with van der Waals surface area (Å²) in [5.41, 5.74) is -2.84. The molecule has 0 aromatic carbocycles. The maximum Gasteiger partial charge on any atom is 0.307 e. The van der Waals surface area contributed by atoms with Gasteiger partial charge in [-0.2, -0.15) is 8.42 Å². The first-order chi connectivity index (χ1) is 8.39. The number of fused-ring (bicyclic) bond motifs is 1. The van der Waals surface area contributed by atoms with Gasteiger partial charge in [0.15, 0.2) is 0 Å². The Labute approximate surface area is 106 Å². The van der Waals surface area contributed by atoms with Crippen molar-refractivity contribution in [2.24, 2.45) is 11.8 Å². The zero-order chi connectivity index (χ0) is 13.3. The molecular weight excluding hydrogens is 261 g/mol. The number of halogens is 1. The van der Waals surface area contributed by atoms with E-state index in [1.165, 1.54) is 11.3 Å². The third-order valence-corrected chi connectivity index (χ3v) is 4.78. The third-order valence-electron chi connectivity index (χ3n) is 4.06. The summed E-state index contributed by atoms with van der Waals surface area (Å²) in [4.78, 5) is 12.9. The third kappa shape index (κ3) is 2.83. The maximum absolute atomic E-state index is 13.3. The lowest BCUT2D eigenvalue weighted by molar-refractivity contribution is -0.136. The molecule has 0 spiro atoms. The molecule has 0 aromatic heterocycles. The van der Waals surface area contributed by atoms with Crippen molar-refractivity contribution >= 4 is 16.0 Å². The van der Waals surface area contributed by atoms with Crippen molar-refractivity contribution in [2.75, 3.05) is 13.1 Å². The molecule has 1 heterocycles. The van der Waals surface area contributed by atoms with Crippen LogP contribution in [0.5, 0.6) is 0 Å². The molecule has 2 rings (SSSR count). The van der Waals surface area contributed by atoms with Crippen LogP contribution in [0.25, 0.3) is 0 Å². The number of hydrogen-bond donors (Lipinski definition) is 1. The first-order valence-electron chi connectivity index (χ1n) is 6.29. The predicted molar refractivity (Wildman–Crippen MR) is 63.1 cm³/mol. The predicted octanol–water partition coefficient (Wildman–Crippen LogP) is 1.21. The summed E-state index contributed by atoms with van der Waals surface area (Å²) >= 11 is 0.